The molecule has 0 N–H and O–H groups in total. The van der Waals surface area contributed by atoms with Crippen LogP contribution in [-0.4, -0.2) is 47.1 Å². The van der Waals surface area contributed by atoms with Gasteiger partial charge < -0.3 is 4.74 Å². The van der Waals surface area contributed by atoms with Gasteiger partial charge >= 0.3 is 0 Å². The summed E-state index contributed by atoms with van der Waals surface area (Å²) in [5.41, 5.74) is 0.126. The Morgan fingerprint density at radius 3 is 2.65 bits per heavy atom. The molecule has 2 heterocycles. The Balaban J connectivity index is 1.65. The first-order chi connectivity index (χ1) is 11.1. The Morgan fingerprint density at radius 2 is 1.91 bits per heavy atom. The van der Waals surface area contributed by atoms with Gasteiger partial charge in [-0.15, -0.1) is 0 Å². The zero-order valence-corrected chi connectivity index (χ0v) is 13.7. The summed E-state index contributed by atoms with van der Waals surface area (Å²) in [6, 6.07) is 1.93. The minimum Gasteiger partial charge on any atom is -0.471 e. The Kier molecular flexibility index (Phi) is 4.78. The number of hydrogen-bond acceptors (Lipinski definition) is 6. The highest BCUT2D eigenvalue weighted by atomic mass is 32.2. The van der Waals surface area contributed by atoms with E-state index in [2.05, 4.69) is 9.97 Å². The SMILES string of the molecule is N#Cc1nccnc1O[C@H]1CCN(S(=O)(=O)C2CCCCC2)C1. The molecule has 2 aliphatic rings. The van der Waals surface area contributed by atoms with E-state index in [9.17, 15) is 8.42 Å². The second kappa shape index (κ2) is 6.81. The van der Waals surface area contributed by atoms with E-state index in [1.54, 1.807) is 0 Å². The molecule has 0 unspecified atom stereocenters. The van der Waals surface area contributed by atoms with E-state index in [1.807, 2.05) is 6.07 Å². The molecule has 0 spiro atoms. The maximum absolute atomic E-state index is 12.7. The Bertz CT molecular complexity index is 695. The number of hydrogen-bond donors (Lipinski definition) is 0. The molecule has 1 aromatic rings. The molecule has 8 heteroatoms. The van der Waals surface area contributed by atoms with Gasteiger partial charge in [-0.05, 0) is 19.3 Å². The fourth-order valence-electron chi connectivity index (χ4n) is 3.24. The predicted octanol–water partition coefficient (Wildman–Crippen LogP) is 1.46. The Morgan fingerprint density at radius 1 is 1.17 bits per heavy atom. The van der Waals surface area contributed by atoms with Gasteiger partial charge in [-0.2, -0.15) is 9.57 Å². The summed E-state index contributed by atoms with van der Waals surface area (Å²) in [6.07, 6.45) is 7.83. The highest BCUT2D eigenvalue weighted by Gasteiger charge is 2.38. The van der Waals surface area contributed by atoms with Crippen LogP contribution in [0.1, 0.15) is 44.2 Å². The summed E-state index contributed by atoms with van der Waals surface area (Å²) < 4.78 is 32.6. The van der Waals surface area contributed by atoms with Crippen LogP contribution in [-0.2, 0) is 10.0 Å². The lowest BCUT2D eigenvalue weighted by molar-refractivity contribution is 0.205. The van der Waals surface area contributed by atoms with Crippen molar-refractivity contribution in [3.8, 4) is 11.9 Å². The molecule has 124 valence electrons. The van der Waals surface area contributed by atoms with Gasteiger partial charge in [0.05, 0.1) is 11.8 Å². The maximum Gasteiger partial charge on any atom is 0.251 e. The smallest absolute Gasteiger partial charge is 0.251 e. The van der Waals surface area contributed by atoms with Gasteiger partial charge in [0.2, 0.25) is 15.7 Å². The van der Waals surface area contributed by atoms with E-state index in [4.69, 9.17) is 10.00 Å². The molecule has 1 aliphatic carbocycles. The largest absolute Gasteiger partial charge is 0.471 e. The molecule has 0 radical (unpaired) electrons. The third-order valence-electron chi connectivity index (χ3n) is 4.49. The van der Waals surface area contributed by atoms with Crippen molar-refractivity contribution in [1.29, 1.82) is 5.26 Å². The minimum atomic E-state index is -3.25. The van der Waals surface area contributed by atoms with Crippen LogP contribution >= 0.6 is 0 Å². The lowest BCUT2D eigenvalue weighted by Gasteiger charge is -2.26. The summed E-state index contributed by atoms with van der Waals surface area (Å²) >= 11 is 0. The van der Waals surface area contributed by atoms with E-state index < -0.39 is 10.0 Å². The fraction of sp³-hybridized carbons (Fsp3) is 0.667. The molecular weight excluding hydrogens is 316 g/mol. The van der Waals surface area contributed by atoms with Crippen LogP contribution in [0.5, 0.6) is 5.88 Å². The normalized spacial score (nSPS) is 23.5. The van der Waals surface area contributed by atoms with Gasteiger partial charge in [0, 0.05) is 18.9 Å². The second-order valence-corrected chi connectivity index (χ2v) is 8.23. The molecular formula is C15H20N4O3S. The average Bonchev–Trinajstić information content (AvgIpc) is 3.05. The molecule has 1 aromatic heterocycles. The molecule has 23 heavy (non-hydrogen) atoms. The number of nitriles is 1. The van der Waals surface area contributed by atoms with Crippen LogP contribution in [0.2, 0.25) is 0 Å². The van der Waals surface area contributed by atoms with Gasteiger partial charge in [-0.1, -0.05) is 19.3 Å². The summed E-state index contributed by atoms with van der Waals surface area (Å²) in [5, 5.41) is 8.76. The van der Waals surface area contributed by atoms with E-state index in [0.717, 1.165) is 32.1 Å². The zero-order chi connectivity index (χ0) is 16.3. The first kappa shape index (κ1) is 16.1. The van der Waals surface area contributed by atoms with E-state index in [-0.39, 0.29) is 22.9 Å². The van der Waals surface area contributed by atoms with Crippen molar-refractivity contribution < 1.29 is 13.2 Å². The highest BCUT2D eigenvalue weighted by molar-refractivity contribution is 7.89. The molecule has 1 saturated carbocycles. The van der Waals surface area contributed by atoms with Crippen LogP contribution in [0.4, 0.5) is 0 Å². The number of sulfonamides is 1. The topological polar surface area (TPSA) is 96.2 Å². The molecule has 7 nitrogen and oxygen atoms in total. The monoisotopic (exact) mass is 336 g/mol. The third kappa shape index (κ3) is 3.46. The van der Waals surface area contributed by atoms with Crippen molar-refractivity contribution in [3.63, 3.8) is 0 Å². The van der Waals surface area contributed by atoms with E-state index in [0.29, 0.717) is 19.5 Å². The van der Waals surface area contributed by atoms with Crippen molar-refractivity contribution in [2.75, 3.05) is 13.1 Å². The van der Waals surface area contributed by atoms with Crippen molar-refractivity contribution in [3.05, 3.63) is 18.1 Å². The lowest BCUT2D eigenvalue weighted by atomic mass is 10.0. The molecule has 1 saturated heterocycles. The molecule has 1 aliphatic heterocycles. The number of nitrogens with zero attached hydrogens (tertiary/aromatic N) is 4. The molecule has 3 rings (SSSR count). The zero-order valence-electron chi connectivity index (χ0n) is 12.9. The minimum absolute atomic E-state index is 0.126. The van der Waals surface area contributed by atoms with Crippen LogP contribution in [0.15, 0.2) is 12.4 Å². The second-order valence-electron chi connectivity index (χ2n) is 6.01. The fourth-order valence-corrected chi connectivity index (χ4v) is 5.33. The highest BCUT2D eigenvalue weighted by Crippen LogP contribution is 2.29. The van der Waals surface area contributed by atoms with Gasteiger partial charge in [-0.25, -0.2) is 18.4 Å². The lowest BCUT2D eigenvalue weighted by Crippen LogP contribution is -2.39. The standard InChI is InChI=1S/C15H20N4O3S/c16-10-14-15(18-8-7-17-14)22-12-6-9-19(11-12)23(20,21)13-4-2-1-3-5-13/h7-8,12-13H,1-6,9,11H2/t12-/m0/s1. The summed E-state index contributed by atoms with van der Waals surface area (Å²) in [5.74, 6) is 0.178. The number of aromatic nitrogens is 2. The van der Waals surface area contributed by atoms with Crippen molar-refractivity contribution in [2.24, 2.45) is 0 Å². The van der Waals surface area contributed by atoms with Crippen molar-refractivity contribution in [2.45, 2.75) is 49.9 Å². The van der Waals surface area contributed by atoms with Crippen LogP contribution in [0.3, 0.4) is 0 Å². The maximum atomic E-state index is 12.7. The van der Waals surface area contributed by atoms with Crippen molar-refractivity contribution >= 4 is 10.0 Å². The van der Waals surface area contributed by atoms with Crippen molar-refractivity contribution in [1.82, 2.24) is 14.3 Å². The molecule has 2 fully saturated rings. The number of ether oxygens (including phenoxy) is 1. The summed E-state index contributed by atoms with van der Waals surface area (Å²) in [6.45, 7) is 0.784. The average molecular weight is 336 g/mol. The van der Waals surface area contributed by atoms with Gasteiger partial charge in [0.15, 0.2) is 0 Å². The first-order valence-corrected chi connectivity index (χ1v) is 9.48. The molecule has 0 aromatic carbocycles. The Hall–Kier alpha value is -1.72. The molecule has 1 atom stereocenters. The molecule has 0 bridgehead atoms. The van der Waals surface area contributed by atoms with Gasteiger partial charge in [-0.3, -0.25) is 0 Å². The number of rotatable bonds is 4. The summed E-state index contributed by atoms with van der Waals surface area (Å²) in [4.78, 5) is 7.91. The van der Waals surface area contributed by atoms with Crippen LogP contribution in [0, 0.1) is 11.3 Å². The van der Waals surface area contributed by atoms with E-state index in [1.165, 1.54) is 16.7 Å². The molecule has 0 amide bonds. The van der Waals surface area contributed by atoms with Crippen LogP contribution in [0.25, 0.3) is 0 Å². The van der Waals surface area contributed by atoms with Gasteiger partial charge in [0.1, 0.15) is 12.2 Å². The van der Waals surface area contributed by atoms with Gasteiger partial charge in [0.25, 0.3) is 5.88 Å². The quantitative estimate of drug-likeness (QED) is 0.826. The third-order valence-corrected chi connectivity index (χ3v) is 6.86. The van der Waals surface area contributed by atoms with Crippen LogP contribution < -0.4 is 4.74 Å². The Labute approximate surface area is 136 Å². The predicted molar refractivity (Wildman–Crippen MR) is 83.1 cm³/mol. The van der Waals surface area contributed by atoms with E-state index >= 15 is 0 Å². The summed E-state index contributed by atoms with van der Waals surface area (Å²) in [7, 11) is -3.25. The first-order valence-electron chi connectivity index (χ1n) is 7.98.